The van der Waals surface area contributed by atoms with Crippen molar-refractivity contribution in [2.75, 3.05) is 18.2 Å². The predicted octanol–water partition coefficient (Wildman–Crippen LogP) is 2.49. The van der Waals surface area contributed by atoms with Gasteiger partial charge in [0.25, 0.3) is 0 Å². The van der Waals surface area contributed by atoms with Gasteiger partial charge < -0.3 is 15.8 Å². The van der Waals surface area contributed by atoms with E-state index in [2.05, 4.69) is 12.2 Å². The first-order valence-corrected chi connectivity index (χ1v) is 5.39. The van der Waals surface area contributed by atoms with Gasteiger partial charge in [-0.15, -0.1) is 0 Å². The van der Waals surface area contributed by atoms with Crippen LogP contribution in [0, 0.1) is 5.92 Å². The highest BCUT2D eigenvalue weighted by molar-refractivity contribution is 5.61. The Labute approximate surface area is 90.6 Å². The summed E-state index contributed by atoms with van der Waals surface area (Å²) < 4.78 is 5.17. The minimum absolute atomic E-state index is 0.619. The lowest BCUT2D eigenvalue weighted by Crippen LogP contribution is -2.33. The van der Waals surface area contributed by atoms with Gasteiger partial charge in [0.1, 0.15) is 5.75 Å². The zero-order chi connectivity index (χ0) is 10.8. The Morgan fingerprint density at radius 2 is 2.13 bits per heavy atom. The van der Waals surface area contributed by atoms with Crippen molar-refractivity contribution in [2.24, 2.45) is 5.92 Å². The van der Waals surface area contributed by atoms with Crippen LogP contribution in [0.3, 0.4) is 0 Å². The number of anilines is 2. The van der Waals surface area contributed by atoms with Crippen molar-refractivity contribution in [3.63, 3.8) is 0 Å². The summed E-state index contributed by atoms with van der Waals surface area (Å²) >= 11 is 0. The third-order valence-electron chi connectivity index (χ3n) is 2.98. The lowest BCUT2D eigenvalue weighted by molar-refractivity contribution is 0.309. The van der Waals surface area contributed by atoms with Crippen LogP contribution in [0.15, 0.2) is 18.2 Å². The topological polar surface area (TPSA) is 47.3 Å². The van der Waals surface area contributed by atoms with E-state index in [4.69, 9.17) is 10.5 Å². The number of rotatable bonds is 3. The molecule has 0 atom stereocenters. The highest BCUT2D eigenvalue weighted by Crippen LogP contribution is 2.31. The van der Waals surface area contributed by atoms with Crippen LogP contribution in [0.5, 0.6) is 5.75 Å². The maximum absolute atomic E-state index is 5.75. The summed E-state index contributed by atoms with van der Waals surface area (Å²) in [4.78, 5) is 0. The number of hydrogen-bond acceptors (Lipinski definition) is 3. The molecule has 1 aliphatic carbocycles. The van der Waals surface area contributed by atoms with Crippen molar-refractivity contribution < 1.29 is 4.74 Å². The van der Waals surface area contributed by atoms with Gasteiger partial charge in [-0.05, 0) is 30.9 Å². The number of hydrogen-bond donors (Lipinski definition) is 2. The summed E-state index contributed by atoms with van der Waals surface area (Å²) in [5.41, 5.74) is 7.53. The first kappa shape index (κ1) is 10.1. The van der Waals surface area contributed by atoms with E-state index >= 15 is 0 Å². The molecule has 3 heteroatoms. The van der Waals surface area contributed by atoms with Crippen LogP contribution >= 0.6 is 0 Å². The lowest BCUT2D eigenvalue weighted by atomic mass is 9.82. The number of ether oxygens (including phenoxy) is 1. The Bertz CT molecular complexity index is 345. The number of nitrogens with one attached hydrogen (secondary N) is 1. The molecule has 0 radical (unpaired) electrons. The van der Waals surface area contributed by atoms with Crippen molar-refractivity contribution in [2.45, 2.75) is 25.8 Å². The van der Waals surface area contributed by atoms with Crippen LogP contribution < -0.4 is 15.8 Å². The van der Waals surface area contributed by atoms with Gasteiger partial charge in [-0.1, -0.05) is 6.92 Å². The van der Waals surface area contributed by atoms with Crippen LogP contribution in [-0.4, -0.2) is 13.2 Å². The highest BCUT2D eigenvalue weighted by Gasteiger charge is 2.24. The van der Waals surface area contributed by atoms with E-state index in [0.717, 1.165) is 17.4 Å². The maximum Gasteiger partial charge on any atom is 0.143 e. The molecule has 1 aromatic rings. The number of nitrogen functional groups attached to an aromatic ring is 1. The second-order valence-electron chi connectivity index (χ2n) is 4.37. The molecule has 3 nitrogen and oxygen atoms in total. The maximum atomic E-state index is 5.75. The molecule has 0 saturated heterocycles. The van der Waals surface area contributed by atoms with Crippen LogP contribution in [-0.2, 0) is 0 Å². The van der Waals surface area contributed by atoms with Crippen molar-refractivity contribution in [1.29, 1.82) is 0 Å². The average Bonchev–Trinajstić information content (AvgIpc) is 2.18. The fraction of sp³-hybridized carbons (Fsp3) is 0.500. The van der Waals surface area contributed by atoms with Gasteiger partial charge in [0.15, 0.2) is 0 Å². The van der Waals surface area contributed by atoms with Gasteiger partial charge in [-0.3, -0.25) is 0 Å². The molecule has 0 aromatic heterocycles. The first-order valence-electron chi connectivity index (χ1n) is 5.39. The van der Waals surface area contributed by atoms with Crippen molar-refractivity contribution in [1.82, 2.24) is 0 Å². The summed E-state index contributed by atoms with van der Waals surface area (Å²) in [6, 6.07) is 6.45. The summed E-state index contributed by atoms with van der Waals surface area (Å²) in [7, 11) is 1.64. The summed E-state index contributed by atoms with van der Waals surface area (Å²) in [5, 5.41) is 3.48. The zero-order valence-corrected chi connectivity index (χ0v) is 9.29. The smallest absolute Gasteiger partial charge is 0.143 e. The Morgan fingerprint density at radius 1 is 1.40 bits per heavy atom. The molecular formula is C12H18N2O. The quantitative estimate of drug-likeness (QED) is 0.747. The van der Waals surface area contributed by atoms with Gasteiger partial charge in [-0.2, -0.15) is 0 Å². The third-order valence-corrected chi connectivity index (χ3v) is 2.98. The standard InChI is InChI=1S/C12H18N2O/c1-8-5-10(6-8)14-9-3-4-11(13)12(7-9)15-2/h3-4,7-8,10,14H,5-6,13H2,1-2H3. The average molecular weight is 206 g/mol. The molecule has 1 saturated carbocycles. The summed E-state index contributed by atoms with van der Waals surface area (Å²) in [5.74, 6) is 1.60. The van der Waals surface area contributed by atoms with Gasteiger partial charge in [0.2, 0.25) is 0 Å². The van der Waals surface area contributed by atoms with E-state index in [1.807, 2.05) is 18.2 Å². The molecular weight excluding hydrogens is 188 g/mol. The van der Waals surface area contributed by atoms with Crippen LogP contribution in [0.25, 0.3) is 0 Å². The number of methoxy groups -OCH3 is 1. The normalized spacial score (nSPS) is 24.4. The molecule has 15 heavy (non-hydrogen) atoms. The SMILES string of the molecule is COc1cc(NC2CC(C)C2)ccc1N. The number of nitrogens with two attached hydrogens (primary N) is 1. The fourth-order valence-corrected chi connectivity index (χ4v) is 2.06. The van der Waals surface area contributed by atoms with E-state index in [-0.39, 0.29) is 0 Å². The van der Waals surface area contributed by atoms with Crippen molar-refractivity contribution >= 4 is 11.4 Å². The molecule has 82 valence electrons. The summed E-state index contributed by atoms with van der Waals surface area (Å²) in [6.07, 6.45) is 2.51. The van der Waals surface area contributed by atoms with Crippen molar-refractivity contribution in [3.8, 4) is 5.75 Å². The Morgan fingerprint density at radius 3 is 2.73 bits per heavy atom. The highest BCUT2D eigenvalue weighted by atomic mass is 16.5. The molecule has 0 aliphatic heterocycles. The van der Waals surface area contributed by atoms with E-state index in [0.29, 0.717) is 11.7 Å². The van der Waals surface area contributed by atoms with E-state index in [9.17, 15) is 0 Å². The van der Waals surface area contributed by atoms with Crippen molar-refractivity contribution in [3.05, 3.63) is 18.2 Å². The molecule has 0 heterocycles. The van der Waals surface area contributed by atoms with Crippen LogP contribution in [0.1, 0.15) is 19.8 Å². The van der Waals surface area contributed by atoms with E-state index < -0.39 is 0 Å². The van der Waals surface area contributed by atoms with Gasteiger partial charge in [0, 0.05) is 17.8 Å². The molecule has 0 bridgehead atoms. The molecule has 3 N–H and O–H groups in total. The molecule has 0 spiro atoms. The Hall–Kier alpha value is -1.38. The Balaban J connectivity index is 2.02. The number of benzene rings is 1. The monoisotopic (exact) mass is 206 g/mol. The molecule has 1 fully saturated rings. The van der Waals surface area contributed by atoms with Gasteiger partial charge in [-0.25, -0.2) is 0 Å². The molecule has 1 aromatic carbocycles. The first-order chi connectivity index (χ1) is 7.19. The molecule has 0 unspecified atom stereocenters. The van der Waals surface area contributed by atoms with E-state index in [1.54, 1.807) is 7.11 Å². The lowest BCUT2D eigenvalue weighted by Gasteiger charge is -2.34. The molecule has 1 aliphatic rings. The zero-order valence-electron chi connectivity index (χ0n) is 9.29. The van der Waals surface area contributed by atoms with Gasteiger partial charge >= 0.3 is 0 Å². The second-order valence-corrected chi connectivity index (χ2v) is 4.37. The van der Waals surface area contributed by atoms with Crippen LogP contribution in [0.4, 0.5) is 11.4 Å². The third kappa shape index (κ3) is 2.17. The minimum atomic E-state index is 0.619. The predicted molar refractivity (Wildman–Crippen MR) is 63.2 cm³/mol. The minimum Gasteiger partial charge on any atom is -0.495 e. The second kappa shape index (κ2) is 4.01. The van der Waals surface area contributed by atoms with Gasteiger partial charge in [0.05, 0.1) is 12.8 Å². The summed E-state index contributed by atoms with van der Waals surface area (Å²) in [6.45, 7) is 2.28. The molecule has 0 amide bonds. The fourth-order valence-electron chi connectivity index (χ4n) is 2.06. The Kier molecular flexibility index (Phi) is 2.71. The largest absolute Gasteiger partial charge is 0.495 e. The van der Waals surface area contributed by atoms with Crippen LogP contribution in [0.2, 0.25) is 0 Å². The van der Waals surface area contributed by atoms with E-state index in [1.165, 1.54) is 12.8 Å². The molecule has 2 rings (SSSR count).